The topological polar surface area (TPSA) is 91.9 Å². The maximum atomic E-state index is 12.5. The summed E-state index contributed by atoms with van der Waals surface area (Å²) in [5, 5.41) is 7.82. The van der Waals surface area contributed by atoms with Gasteiger partial charge in [0, 0.05) is 38.8 Å². The molecule has 0 aliphatic carbocycles. The van der Waals surface area contributed by atoms with E-state index in [4.69, 9.17) is 19.4 Å². The Morgan fingerprint density at radius 1 is 1.14 bits per heavy atom. The standard InChI is InChI=1S/C27H36N6O3S/c1-27(2,3)36-26(34)33-11-9-20(18-33)28-23-16-19(8-10-32-12-14-35-15-13-32)17-24(30-23)31-25-29-21-6-4-5-7-22(21)37-25/h4-7,16-17,20H,8-15,18H2,1-3H3,(H2,28,29,30,31). The van der Waals surface area contributed by atoms with Crippen LogP contribution >= 0.6 is 11.3 Å². The molecule has 0 radical (unpaired) electrons. The van der Waals surface area contributed by atoms with Crippen molar-refractivity contribution in [2.75, 3.05) is 56.6 Å². The molecule has 5 rings (SSSR count). The van der Waals surface area contributed by atoms with Crippen LogP contribution in [0.1, 0.15) is 32.8 Å². The third-order valence-corrected chi connectivity index (χ3v) is 7.38. The number of carbonyl (C=O) groups excluding carboxylic acids is 1. The van der Waals surface area contributed by atoms with Gasteiger partial charge in [-0.05, 0) is 63.4 Å². The zero-order chi connectivity index (χ0) is 25.8. The highest BCUT2D eigenvalue weighted by Crippen LogP contribution is 2.29. The smallest absolute Gasteiger partial charge is 0.410 e. The number of ether oxygens (including phenoxy) is 2. The summed E-state index contributed by atoms with van der Waals surface area (Å²) >= 11 is 1.62. The van der Waals surface area contributed by atoms with Crippen LogP contribution in [0.3, 0.4) is 0 Å². The molecule has 2 fully saturated rings. The number of amides is 1. The molecule has 198 valence electrons. The average molecular weight is 525 g/mol. The maximum absolute atomic E-state index is 12.5. The van der Waals surface area contributed by atoms with E-state index in [2.05, 4.69) is 33.7 Å². The van der Waals surface area contributed by atoms with E-state index in [0.29, 0.717) is 13.1 Å². The zero-order valence-corrected chi connectivity index (χ0v) is 22.6. The van der Waals surface area contributed by atoms with E-state index in [-0.39, 0.29) is 12.1 Å². The highest BCUT2D eigenvalue weighted by Gasteiger charge is 2.30. The Balaban J connectivity index is 1.30. The Morgan fingerprint density at radius 3 is 2.70 bits per heavy atom. The minimum absolute atomic E-state index is 0.116. The number of hydrogen-bond acceptors (Lipinski definition) is 9. The fourth-order valence-electron chi connectivity index (χ4n) is 4.60. The summed E-state index contributed by atoms with van der Waals surface area (Å²) < 4.78 is 12.2. The molecule has 3 aromatic rings. The molecule has 2 saturated heterocycles. The average Bonchev–Trinajstić information content (AvgIpc) is 3.49. The zero-order valence-electron chi connectivity index (χ0n) is 21.8. The van der Waals surface area contributed by atoms with Crippen molar-refractivity contribution >= 4 is 44.4 Å². The Morgan fingerprint density at radius 2 is 1.92 bits per heavy atom. The number of anilines is 3. The molecule has 2 N–H and O–H groups in total. The van der Waals surface area contributed by atoms with Crippen LogP contribution in [-0.4, -0.2) is 83.4 Å². The number of pyridine rings is 1. The molecule has 0 saturated carbocycles. The van der Waals surface area contributed by atoms with E-state index < -0.39 is 5.60 Å². The van der Waals surface area contributed by atoms with Gasteiger partial charge in [0.2, 0.25) is 0 Å². The number of rotatable bonds is 7. The van der Waals surface area contributed by atoms with Gasteiger partial charge in [0.1, 0.15) is 17.2 Å². The van der Waals surface area contributed by atoms with Crippen molar-refractivity contribution in [2.45, 2.75) is 45.3 Å². The van der Waals surface area contributed by atoms with Crippen LogP contribution in [0.15, 0.2) is 36.4 Å². The van der Waals surface area contributed by atoms with Crippen molar-refractivity contribution in [3.63, 3.8) is 0 Å². The molecule has 4 heterocycles. The molecular formula is C27H36N6O3S. The van der Waals surface area contributed by atoms with Crippen LogP contribution in [0.4, 0.5) is 21.6 Å². The maximum Gasteiger partial charge on any atom is 0.410 e. The lowest BCUT2D eigenvalue weighted by molar-refractivity contribution is 0.0293. The van der Waals surface area contributed by atoms with Gasteiger partial charge in [0.25, 0.3) is 0 Å². The molecule has 1 amide bonds. The van der Waals surface area contributed by atoms with Crippen molar-refractivity contribution in [2.24, 2.45) is 0 Å². The van der Waals surface area contributed by atoms with Gasteiger partial charge >= 0.3 is 6.09 Å². The number of morpholine rings is 1. The first-order valence-electron chi connectivity index (χ1n) is 13.0. The van der Waals surface area contributed by atoms with Crippen molar-refractivity contribution in [3.8, 4) is 0 Å². The Kier molecular flexibility index (Phi) is 7.78. The number of nitrogens with zero attached hydrogens (tertiary/aromatic N) is 4. The highest BCUT2D eigenvalue weighted by atomic mass is 32.1. The van der Waals surface area contributed by atoms with E-state index in [1.54, 1.807) is 16.2 Å². The second-order valence-corrected chi connectivity index (χ2v) is 11.6. The second-order valence-electron chi connectivity index (χ2n) is 10.6. The number of para-hydroxylation sites is 1. The van der Waals surface area contributed by atoms with Crippen molar-refractivity contribution in [3.05, 3.63) is 42.0 Å². The minimum atomic E-state index is -0.500. The summed E-state index contributed by atoms with van der Waals surface area (Å²) in [4.78, 5) is 26.3. The predicted octanol–water partition coefficient (Wildman–Crippen LogP) is 4.73. The summed E-state index contributed by atoms with van der Waals surface area (Å²) in [5.74, 6) is 1.57. The SMILES string of the molecule is CC(C)(C)OC(=O)N1CCC(Nc2cc(CCN3CCOCC3)cc(Nc3nc4ccccc4s3)n2)C1. The molecule has 10 heteroatoms. The van der Waals surface area contributed by atoms with Crippen LogP contribution in [0.5, 0.6) is 0 Å². The monoisotopic (exact) mass is 524 g/mol. The molecule has 2 aliphatic rings. The van der Waals surface area contributed by atoms with Crippen LogP contribution in [0.25, 0.3) is 10.2 Å². The summed E-state index contributed by atoms with van der Waals surface area (Å²) in [6.07, 6.45) is 1.50. The van der Waals surface area contributed by atoms with Gasteiger partial charge in [-0.15, -0.1) is 0 Å². The number of benzene rings is 1. The summed E-state index contributed by atoms with van der Waals surface area (Å²) in [5.41, 5.74) is 1.68. The van der Waals surface area contributed by atoms with E-state index >= 15 is 0 Å². The molecule has 1 atom stereocenters. The molecule has 0 spiro atoms. The minimum Gasteiger partial charge on any atom is -0.444 e. The highest BCUT2D eigenvalue weighted by molar-refractivity contribution is 7.22. The number of carbonyl (C=O) groups is 1. The number of hydrogen-bond donors (Lipinski definition) is 2. The van der Waals surface area contributed by atoms with E-state index in [0.717, 1.165) is 72.7 Å². The van der Waals surface area contributed by atoms with E-state index in [9.17, 15) is 4.79 Å². The fraction of sp³-hybridized carbons (Fsp3) is 0.519. The molecule has 37 heavy (non-hydrogen) atoms. The van der Waals surface area contributed by atoms with Crippen LogP contribution in [0, 0.1) is 0 Å². The van der Waals surface area contributed by atoms with Gasteiger partial charge in [-0.2, -0.15) is 0 Å². The molecule has 9 nitrogen and oxygen atoms in total. The lowest BCUT2D eigenvalue weighted by atomic mass is 10.1. The third kappa shape index (κ3) is 7.09. The first-order chi connectivity index (χ1) is 17.8. The summed E-state index contributed by atoms with van der Waals surface area (Å²) in [6.45, 7) is 11.4. The van der Waals surface area contributed by atoms with Crippen LogP contribution in [-0.2, 0) is 15.9 Å². The van der Waals surface area contributed by atoms with Gasteiger partial charge in [-0.3, -0.25) is 4.90 Å². The van der Waals surface area contributed by atoms with Gasteiger partial charge < -0.3 is 25.0 Å². The van der Waals surface area contributed by atoms with Crippen LogP contribution < -0.4 is 10.6 Å². The van der Waals surface area contributed by atoms with E-state index in [1.165, 1.54) is 5.56 Å². The lowest BCUT2D eigenvalue weighted by Gasteiger charge is -2.26. The Hall–Kier alpha value is -2.95. The second kappa shape index (κ2) is 11.2. The molecule has 1 unspecified atom stereocenters. The van der Waals surface area contributed by atoms with Gasteiger partial charge in [0.15, 0.2) is 5.13 Å². The Labute approximate surface area is 222 Å². The lowest BCUT2D eigenvalue weighted by Crippen LogP contribution is -2.37. The Bertz CT molecular complexity index is 1190. The first-order valence-corrected chi connectivity index (χ1v) is 13.8. The third-order valence-electron chi connectivity index (χ3n) is 6.43. The number of thiazole rings is 1. The molecule has 2 aromatic heterocycles. The van der Waals surface area contributed by atoms with Crippen molar-refractivity contribution in [1.29, 1.82) is 0 Å². The van der Waals surface area contributed by atoms with Crippen molar-refractivity contribution in [1.82, 2.24) is 19.8 Å². The molecule has 1 aromatic carbocycles. The largest absolute Gasteiger partial charge is 0.444 e. The fourth-order valence-corrected chi connectivity index (χ4v) is 5.47. The molecular weight excluding hydrogens is 488 g/mol. The quantitative estimate of drug-likeness (QED) is 0.458. The van der Waals surface area contributed by atoms with Gasteiger partial charge in [-0.1, -0.05) is 23.5 Å². The van der Waals surface area contributed by atoms with Gasteiger partial charge in [0.05, 0.1) is 23.4 Å². The number of aromatic nitrogens is 2. The number of nitrogens with one attached hydrogen (secondary N) is 2. The van der Waals surface area contributed by atoms with Gasteiger partial charge in [-0.25, -0.2) is 14.8 Å². The molecule has 2 aliphatic heterocycles. The van der Waals surface area contributed by atoms with E-state index in [1.807, 2.05) is 39.0 Å². The van der Waals surface area contributed by atoms with Crippen molar-refractivity contribution < 1.29 is 14.3 Å². The predicted molar refractivity (Wildman–Crippen MR) is 148 cm³/mol. The van der Waals surface area contributed by atoms with Crippen LogP contribution in [0.2, 0.25) is 0 Å². The summed E-state index contributed by atoms with van der Waals surface area (Å²) in [7, 11) is 0. The number of likely N-dealkylation sites (tertiary alicyclic amines) is 1. The molecule has 0 bridgehead atoms. The number of fused-ring (bicyclic) bond motifs is 1. The normalized spacial score (nSPS) is 18.8. The first kappa shape index (κ1) is 25.7. The summed E-state index contributed by atoms with van der Waals surface area (Å²) in [6, 6.07) is 12.5.